The predicted molar refractivity (Wildman–Crippen MR) is 67.9 cm³/mol. The number of halogens is 2. The molecule has 4 heteroatoms. The highest BCUT2D eigenvalue weighted by molar-refractivity contribution is 5.85. The van der Waals surface area contributed by atoms with E-state index in [1.807, 2.05) is 0 Å². The van der Waals surface area contributed by atoms with E-state index in [0.717, 1.165) is 5.92 Å². The van der Waals surface area contributed by atoms with E-state index < -0.39 is 0 Å². The van der Waals surface area contributed by atoms with Gasteiger partial charge in [0.1, 0.15) is 0 Å². The van der Waals surface area contributed by atoms with E-state index in [1.54, 1.807) is 0 Å². The molecule has 14 heavy (non-hydrogen) atoms. The van der Waals surface area contributed by atoms with E-state index in [4.69, 9.17) is 0 Å². The zero-order valence-corrected chi connectivity index (χ0v) is 10.9. The third-order valence-electron chi connectivity index (χ3n) is 2.87. The van der Waals surface area contributed by atoms with Crippen molar-refractivity contribution in [2.45, 2.75) is 26.7 Å². The van der Waals surface area contributed by atoms with E-state index in [9.17, 15) is 0 Å². The Morgan fingerprint density at radius 3 is 2.00 bits per heavy atom. The smallest absolute Gasteiger partial charge is 0.00104 e. The number of nitrogens with one attached hydrogen (secondary N) is 1. The summed E-state index contributed by atoms with van der Waals surface area (Å²) in [6.07, 6.45) is 2.74. The molecule has 0 spiro atoms. The van der Waals surface area contributed by atoms with Crippen LogP contribution in [0.5, 0.6) is 0 Å². The Morgan fingerprint density at radius 1 is 1.07 bits per heavy atom. The summed E-state index contributed by atoms with van der Waals surface area (Å²) < 4.78 is 0. The first-order chi connectivity index (χ1) is 5.86. The van der Waals surface area contributed by atoms with Crippen molar-refractivity contribution in [1.29, 1.82) is 0 Å². The van der Waals surface area contributed by atoms with Crippen LogP contribution < -0.4 is 5.32 Å². The lowest BCUT2D eigenvalue weighted by Gasteiger charge is -2.28. The molecule has 0 unspecified atom stereocenters. The van der Waals surface area contributed by atoms with Gasteiger partial charge in [-0.25, -0.2) is 0 Å². The van der Waals surface area contributed by atoms with Gasteiger partial charge in [-0.3, -0.25) is 0 Å². The maximum atomic E-state index is 3.41. The molecule has 0 aromatic heterocycles. The molecule has 2 nitrogen and oxygen atoms in total. The minimum absolute atomic E-state index is 0. The molecule has 0 amide bonds. The maximum absolute atomic E-state index is 3.41. The Morgan fingerprint density at radius 2 is 1.57 bits per heavy atom. The maximum Gasteiger partial charge on any atom is 0.00104 e. The first-order valence-corrected chi connectivity index (χ1v) is 5.29. The van der Waals surface area contributed by atoms with Crippen LogP contribution in [-0.2, 0) is 0 Å². The van der Waals surface area contributed by atoms with E-state index in [2.05, 4.69) is 24.1 Å². The Labute approximate surface area is 101 Å². The van der Waals surface area contributed by atoms with Gasteiger partial charge >= 0.3 is 0 Å². The second-order valence-electron chi connectivity index (χ2n) is 3.68. The Balaban J connectivity index is 0. The van der Waals surface area contributed by atoms with Crippen LogP contribution >= 0.6 is 24.8 Å². The molecule has 1 fully saturated rings. The molecule has 0 saturated carbocycles. The van der Waals surface area contributed by atoms with Gasteiger partial charge in [-0.05, 0) is 44.9 Å². The molecular formula is C10H24Cl2N2. The van der Waals surface area contributed by atoms with Gasteiger partial charge in [0.05, 0.1) is 0 Å². The van der Waals surface area contributed by atoms with E-state index in [1.165, 1.54) is 45.6 Å². The zero-order chi connectivity index (χ0) is 8.81. The van der Waals surface area contributed by atoms with Gasteiger partial charge in [-0.15, -0.1) is 24.8 Å². The van der Waals surface area contributed by atoms with Crippen LogP contribution in [-0.4, -0.2) is 37.6 Å². The van der Waals surface area contributed by atoms with Crippen LogP contribution in [0.25, 0.3) is 0 Å². The lowest BCUT2D eigenvalue weighted by molar-refractivity contribution is 0.222. The summed E-state index contributed by atoms with van der Waals surface area (Å²) in [5.74, 6) is 0.950. The SMILES string of the molecule is CCN(CC)CC1CCNCC1.Cl.Cl. The molecule has 1 saturated heterocycles. The van der Waals surface area contributed by atoms with Crippen molar-refractivity contribution in [3.8, 4) is 0 Å². The fraction of sp³-hybridized carbons (Fsp3) is 1.00. The molecule has 0 radical (unpaired) electrons. The van der Waals surface area contributed by atoms with Gasteiger partial charge in [0.2, 0.25) is 0 Å². The highest BCUT2D eigenvalue weighted by Gasteiger charge is 2.14. The summed E-state index contributed by atoms with van der Waals surface area (Å²) in [5, 5.41) is 3.41. The first-order valence-electron chi connectivity index (χ1n) is 5.29. The average Bonchev–Trinajstić information content (AvgIpc) is 2.16. The first kappa shape index (κ1) is 16.9. The van der Waals surface area contributed by atoms with Crippen LogP contribution in [0.1, 0.15) is 26.7 Å². The normalized spacial score (nSPS) is 17.4. The molecular weight excluding hydrogens is 219 g/mol. The minimum atomic E-state index is 0. The van der Waals surface area contributed by atoms with Crippen LogP contribution in [0.15, 0.2) is 0 Å². The highest BCUT2D eigenvalue weighted by Crippen LogP contribution is 2.12. The highest BCUT2D eigenvalue weighted by atomic mass is 35.5. The van der Waals surface area contributed by atoms with Crippen molar-refractivity contribution in [2.24, 2.45) is 5.92 Å². The average molecular weight is 243 g/mol. The second-order valence-corrected chi connectivity index (χ2v) is 3.68. The summed E-state index contributed by atoms with van der Waals surface area (Å²) in [6, 6.07) is 0. The number of hydrogen-bond acceptors (Lipinski definition) is 2. The van der Waals surface area contributed by atoms with Gasteiger partial charge in [0.25, 0.3) is 0 Å². The molecule has 88 valence electrons. The minimum Gasteiger partial charge on any atom is -0.317 e. The molecule has 1 rings (SSSR count). The van der Waals surface area contributed by atoms with Crippen molar-refractivity contribution in [3.05, 3.63) is 0 Å². The van der Waals surface area contributed by atoms with Crippen LogP contribution in [0.3, 0.4) is 0 Å². The topological polar surface area (TPSA) is 15.3 Å². The molecule has 1 heterocycles. The number of rotatable bonds is 4. The van der Waals surface area contributed by atoms with Gasteiger partial charge in [-0.1, -0.05) is 13.8 Å². The van der Waals surface area contributed by atoms with Crippen molar-refractivity contribution >= 4 is 24.8 Å². The fourth-order valence-corrected chi connectivity index (χ4v) is 1.91. The van der Waals surface area contributed by atoms with Gasteiger partial charge in [-0.2, -0.15) is 0 Å². The van der Waals surface area contributed by atoms with E-state index in [-0.39, 0.29) is 24.8 Å². The second kappa shape index (κ2) is 10.0. The molecule has 1 N–H and O–H groups in total. The van der Waals surface area contributed by atoms with E-state index >= 15 is 0 Å². The molecule has 1 aliphatic rings. The van der Waals surface area contributed by atoms with Gasteiger partial charge in [0.15, 0.2) is 0 Å². The largest absolute Gasteiger partial charge is 0.317 e. The van der Waals surface area contributed by atoms with Crippen molar-refractivity contribution < 1.29 is 0 Å². The Hall–Kier alpha value is 0.500. The molecule has 0 aromatic rings. The summed E-state index contributed by atoms with van der Waals surface area (Å²) in [6.45, 7) is 10.7. The Kier molecular flexibility index (Phi) is 12.1. The van der Waals surface area contributed by atoms with Crippen LogP contribution in [0.4, 0.5) is 0 Å². The van der Waals surface area contributed by atoms with E-state index in [0.29, 0.717) is 0 Å². The van der Waals surface area contributed by atoms with Gasteiger partial charge < -0.3 is 10.2 Å². The quantitative estimate of drug-likeness (QED) is 0.814. The monoisotopic (exact) mass is 242 g/mol. The zero-order valence-electron chi connectivity index (χ0n) is 9.29. The number of hydrogen-bond donors (Lipinski definition) is 1. The standard InChI is InChI=1S/C10H22N2.2ClH/c1-3-12(4-2)9-10-5-7-11-8-6-10;;/h10-11H,3-9H2,1-2H3;2*1H. The molecule has 0 aliphatic carbocycles. The number of nitrogens with zero attached hydrogens (tertiary/aromatic N) is 1. The third-order valence-corrected chi connectivity index (χ3v) is 2.87. The van der Waals surface area contributed by atoms with Crippen LogP contribution in [0, 0.1) is 5.92 Å². The third kappa shape index (κ3) is 6.07. The van der Waals surface area contributed by atoms with Gasteiger partial charge in [0, 0.05) is 6.54 Å². The summed E-state index contributed by atoms with van der Waals surface area (Å²) in [7, 11) is 0. The fourth-order valence-electron chi connectivity index (χ4n) is 1.91. The lowest BCUT2D eigenvalue weighted by Crippen LogP contribution is -2.36. The predicted octanol–water partition coefficient (Wildman–Crippen LogP) is 2.17. The molecule has 0 atom stereocenters. The molecule has 1 aliphatic heterocycles. The van der Waals surface area contributed by atoms with Crippen molar-refractivity contribution in [2.75, 3.05) is 32.7 Å². The Bertz CT molecular complexity index is 113. The molecule has 0 bridgehead atoms. The number of piperidine rings is 1. The summed E-state index contributed by atoms with van der Waals surface area (Å²) in [4.78, 5) is 2.54. The summed E-state index contributed by atoms with van der Waals surface area (Å²) in [5.41, 5.74) is 0. The lowest BCUT2D eigenvalue weighted by atomic mass is 9.97. The van der Waals surface area contributed by atoms with Crippen molar-refractivity contribution in [1.82, 2.24) is 10.2 Å². The van der Waals surface area contributed by atoms with Crippen LogP contribution in [0.2, 0.25) is 0 Å². The van der Waals surface area contributed by atoms with Crippen molar-refractivity contribution in [3.63, 3.8) is 0 Å². The molecule has 0 aromatic carbocycles. The summed E-state index contributed by atoms with van der Waals surface area (Å²) >= 11 is 0.